The van der Waals surface area contributed by atoms with E-state index in [1.165, 1.54) is 36.0 Å². The molecule has 574 valence electrons. The SMILES string of the molecule is CC[C@H](C)[C@H](NC(=O)CNC(=O)[C@@H](N)CCSC)C(=O)N[C@@H](CCCCN)C(=O)N[C@@H](CC(N)=O)C(=O)N[C@@H](CC(N)=O)C(=O)N[C@@H](CC(C)C)C(=O)N[C@@H](CCCCN)C(=O)N[C@@H](CCC(=O)O)C(=O)N[C@@H](CS)C(=O)NCC(=O)N[C@@H](CC(C)C)C(=O)N[C@@H](Cc1ccc(O)cc1)C(=O)O. The maximum Gasteiger partial charge on any atom is 0.326 e. The Morgan fingerprint density at radius 3 is 1.29 bits per heavy atom. The molecular formula is C64H107N17O19S2. The summed E-state index contributed by atoms with van der Waals surface area (Å²) in [6, 6.07) is -10.9. The predicted octanol–water partition coefficient (Wildman–Crippen LogP) is -4.88. The van der Waals surface area contributed by atoms with E-state index in [4.69, 9.17) is 28.7 Å². The molecule has 12 atom stereocenters. The highest BCUT2D eigenvalue weighted by atomic mass is 32.2. The first-order valence-electron chi connectivity index (χ1n) is 33.6. The summed E-state index contributed by atoms with van der Waals surface area (Å²) in [7, 11) is 0. The van der Waals surface area contributed by atoms with E-state index in [1.807, 2.05) is 6.26 Å². The minimum absolute atomic E-state index is 0.0379. The summed E-state index contributed by atoms with van der Waals surface area (Å²) in [6.07, 6.45) is -0.0692. The first-order valence-corrected chi connectivity index (χ1v) is 35.6. The van der Waals surface area contributed by atoms with Crippen LogP contribution in [0, 0.1) is 17.8 Å². The van der Waals surface area contributed by atoms with E-state index in [0.29, 0.717) is 37.0 Å². The Bertz CT molecular complexity index is 2990. The van der Waals surface area contributed by atoms with Gasteiger partial charge in [0, 0.05) is 18.6 Å². The lowest BCUT2D eigenvalue weighted by Crippen LogP contribution is -2.61. The molecule has 0 aliphatic heterocycles. The smallest absolute Gasteiger partial charge is 0.326 e. The number of phenolic OH excluding ortho intramolecular Hbond substituents is 1. The van der Waals surface area contributed by atoms with Crippen molar-refractivity contribution < 1.29 is 92.0 Å². The number of carboxylic acid groups (broad SMARTS) is 2. The van der Waals surface area contributed by atoms with Gasteiger partial charge in [-0.3, -0.25) is 71.9 Å². The summed E-state index contributed by atoms with van der Waals surface area (Å²) in [4.78, 5) is 214. The Morgan fingerprint density at radius 2 is 0.873 bits per heavy atom. The fourth-order valence-electron chi connectivity index (χ4n) is 9.85. The maximum atomic E-state index is 14.4. The molecule has 0 bridgehead atoms. The van der Waals surface area contributed by atoms with Crippen molar-refractivity contribution in [2.45, 2.75) is 204 Å². The molecule has 0 aromatic heterocycles. The van der Waals surface area contributed by atoms with Crippen LogP contribution in [0.3, 0.4) is 0 Å². The van der Waals surface area contributed by atoms with Crippen molar-refractivity contribution in [3.05, 3.63) is 29.8 Å². The van der Waals surface area contributed by atoms with Crippen LogP contribution in [-0.4, -0.2) is 220 Å². The number of carboxylic acids is 2. The Kier molecular flexibility index (Phi) is 43.7. The van der Waals surface area contributed by atoms with Crippen molar-refractivity contribution in [3.63, 3.8) is 0 Å². The summed E-state index contributed by atoms with van der Waals surface area (Å²) in [5.74, 6) is -17.7. The third kappa shape index (κ3) is 36.6. The number of nitrogens with two attached hydrogens (primary N) is 5. The van der Waals surface area contributed by atoms with Crippen LogP contribution in [-0.2, 0) is 83.1 Å². The van der Waals surface area contributed by atoms with Crippen LogP contribution < -0.4 is 92.5 Å². The van der Waals surface area contributed by atoms with Crippen molar-refractivity contribution in [1.82, 2.24) is 63.8 Å². The molecule has 0 aliphatic carbocycles. The topological polar surface area (TPSA) is 608 Å². The van der Waals surface area contributed by atoms with Crippen LogP contribution in [0.5, 0.6) is 5.75 Å². The van der Waals surface area contributed by atoms with Crippen molar-refractivity contribution in [2.24, 2.45) is 46.4 Å². The van der Waals surface area contributed by atoms with Gasteiger partial charge >= 0.3 is 11.9 Å². The summed E-state index contributed by atoms with van der Waals surface area (Å²) in [5, 5.41) is 58.3. The average molecular weight is 1480 g/mol. The lowest BCUT2D eigenvalue weighted by molar-refractivity contribution is -0.142. The molecule has 0 spiro atoms. The Balaban J connectivity index is 3.47. The number of phenols is 1. The number of carbonyl (C=O) groups is 16. The zero-order chi connectivity index (χ0) is 77.3. The first kappa shape index (κ1) is 91.1. The van der Waals surface area contributed by atoms with Gasteiger partial charge in [0.25, 0.3) is 0 Å². The van der Waals surface area contributed by atoms with Crippen LogP contribution in [0.1, 0.15) is 137 Å². The summed E-state index contributed by atoms with van der Waals surface area (Å²) < 4.78 is 0. The molecule has 0 aliphatic rings. The number of amides is 14. The average Bonchev–Trinajstić information content (AvgIpc) is 0.839. The van der Waals surface area contributed by atoms with Gasteiger partial charge in [0.15, 0.2) is 0 Å². The minimum Gasteiger partial charge on any atom is -0.508 e. The number of benzene rings is 1. The van der Waals surface area contributed by atoms with E-state index in [2.05, 4.69) is 76.4 Å². The molecular weight excluding hydrogens is 1370 g/mol. The molecule has 0 saturated carbocycles. The summed E-state index contributed by atoms with van der Waals surface area (Å²) >= 11 is 5.64. The van der Waals surface area contributed by atoms with Gasteiger partial charge in [0.2, 0.25) is 82.7 Å². The molecule has 0 fully saturated rings. The second-order valence-corrected chi connectivity index (χ2v) is 26.7. The van der Waals surface area contributed by atoms with E-state index in [1.54, 1.807) is 41.5 Å². The molecule has 1 rings (SSSR count). The largest absolute Gasteiger partial charge is 0.508 e. The van der Waals surface area contributed by atoms with Crippen molar-refractivity contribution in [2.75, 3.05) is 43.9 Å². The zero-order valence-corrected chi connectivity index (χ0v) is 60.6. The third-order valence-electron chi connectivity index (χ3n) is 15.6. The second-order valence-electron chi connectivity index (χ2n) is 25.4. The number of rotatable bonds is 52. The predicted molar refractivity (Wildman–Crippen MR) is 378 cm³/mol. The molecule has 0 unspecified atom stereocenters. The van der Waals surface area contributed by atoms with Gasteiger partial charge in [-0.1, -0.05) is 60.1 Å². The van der Waals surface area contributed by atoms with E-state index in [-0.39, 0.29) is 69.7 Å². The molecule has 25 N–H and O–H groups in total. The van der Waals surface area contributed by atoms with Crippen LogP contribution in [0.15, 0.2) is 24.3 Å². The molecule has 0 heterocycles. The van der Waals surface area contributed by atoms with Gasteiger partial charge in [0.05, 0.1) is 32.0 Å². The lowest BCUT2D eigenvalue weighted by Gasteiger charge is -2.29. The van der Waals surface area contributed by atoms with Crippen molar-refractivity contribution in [1.29, 1.82) is 0 Å². The molecule has 0 saturated heterocycles. The number of thiol groups is 1. The number of thioether (sulfide) groups is 1. The molecule has 102 heavy (non-hydrogen) atoms. The molecule has 1 aromatic rings. The zero-order valence-electron chi connectivity index (χ0n) is 58.9. The highest BCUT2D eigenvalue weighted by Gasteiger charge is 2.37. The Hall–Kier alpha value is -8.88. The maximum absolute atomic E-state index is 14.4. The summed E-state index contributed by atoms with van der Waals surface area (Å²) in [5.41, 5.74) is 28.9. The Morgan fingerprint density at radius 1 is 0.480 bits per heavy atom. The third-order valence-corrected chi connectivity index (χ3v) is 16.7. The molecule has 36 nitrogen and oxygen atoms in total. The first-order chi connectivity index (χ1) is 48.0. The van der Waals surface area contributed by atoms with E-state index < -0.39 is 217 Å². The van der Waals surface area contributed by atoms with E-state index in [9.17, 15) is 92.0 Å². The summed E-state index contributed by atoms with van der Waals surface area (Å²) in [6.45, 7) is 9.18. The highest BCUT2D eigenvalue weighted by molar-refractivity contribution is 7.98. The number of aliphatic carboxylic acids is 2. The van der Waals surface area contributed by atoms with Gasteiger partial charge in [-0.2, -0.15) is 24.4 Å². The number of primary amides is 2. The number of nitrogens with one attached hydrogen (secondary N) is 12. The molecule has 1 aromatic carbocycles. The quantitative estimate of drug-likeness (QED) is 0.0215. The fraction of sp³-hybridized carbons (Fsp3) is 0.656. The van der Waals surface area contributed by atoms with Crippen molar-refractivity contribution in [3.8, 4) is 5.75 Å². The molecule has 14 amide bonds. The number of hydrogen-bond acceptors (Lipinski definition) is 22. The molecule has 0 radical (unpaired) electrons. The van der Waals surface area contributed by atoms with Crippen LogP contribution in [0.4, 0.5) is 0 Å². The normalized spacial score (nSPS) is 14.6. The van der Waals surface area contributed by atoms with Crippen LogP contribution in [0.25, 0.3) is 0 Å². The van der Waals surface area contributed by atoms with Gasteiger partial charge in [0.1, 0.15) is 66.2 Å². The van der Waals surface area contributed by atoms with Crippen LogP contribution in [0.2, 0.25) is 0 Å². The standard InChI is InChI=1S/C64H107N17O19S2/c1-8-35(6)53(81-51(86)31-70-54(89)38(67)21-24-102-7)63(98)75-40(14-10-12-23-66)57(92)77-44(28-48(68)83)62(97)78-45(29-49(69)84)61(96)76-43(26-34(4)5)60(95)73-39(13-9-11-22-65)56(91)74-41(19-20-52(87)88)58(93)80-47(32-101)55(90)71-30-50(85)72-42(25-33(2)3)59(94)79-46(64(99)100)27-36-15-17-37(82)18-16-36/h15-18,33-35,38-47,53,82,101H,8-14,19-32,65-67H2,1-7H3,(H2,68,83)(H2,69,84)(H,70,89)(H,71,90)(H,72,85)(H,73,95)(H,74,91)(H,75,98)(H,76,96)(H,77,92)(H,78,97)(H,79,94)(H,80,93)(H,81,86)(H,87,88)(H,99,100)/t35-,38-,39-,40-,41-,42-,43-,44-,45-,46-,47-,53-/m0/s1. The molecule has 38 heteroatoms. The number of carbonyl (C=O) groups excluding carboxylic acids is 14. The van der Waals surface area contributed by atoms with E-state index >= 15 is 0 Å². The fourth-order valence-corrected chi connectivity index (χ4v) is 10.6. The monoisotopic (exact) mass is 1480 g/mol. The van der Waals surface area contributed by atoms with E-state index in [0.717, 1.165) is 0 Å². The number of unbranched alkanes of at least 4 members (excludes halogenated alkanes) is 2. The van der Waals surface area contributed by atoms with Crippen LogP contribution >= 0.6 is 24.4 Å². The van der Waals surface area contributed by atoms with Crippen molar-refractivity contribution >= 4 is 119 Å². The van der Waals surface area contributed by atoms with Gasteiger partial charge in [-0.05, 0) is 125 Å². The lowest BCUT2D eigenvalue weighted by atomic mass is 9.97. The Labute approximate surface area is 602 Å². The van der Waals surface area contributed by atoms with Gasteiger partial charge in [-0.25, -0.2) is 4.79 Å². The minimum atomic E-state index is -1.93. The number of hydrogen-bond donors (Lipinski definition) is 21. The number of aromatic hydroxyl groups is 1. The van der Waals surface area contributed by atoms with Gasteiger partial charge in [-0.15, -0.1) is 0 Å². The second kappa shape index (κ2) is 48.9. The van der Waals surface area contributed by atoms with Gasteiger partial charge < -0.3 is 108 Å². The highest BCUT2D eigenvalue weighted by Crippen LogP contribution is 2.16.